The van der Waals surface area contributed by atoms with Crippen LogP contribution in [0.15, 0.2) is 64.3 Å². The number of aromatic amines is 2. The van der Waals surface area contributed by atoms with Crippen LogP contribution in [0, 0.1) is 6.92 Å². The van der Waals surface area contributed by atoms with E-state index in [1.807, 2.05) is 13.0 Å². The second-order valence-corrected chi connectivity index (χ2v) is 10.2. The van der Waals surface area contributed by atoms with Crippen LogP contribution in [0.25, 0.3) is 11.2 Å². The monoisotopic (exact) mass is 572 g/mol. The summed E-state index contributed by atoms with van der Waals surface area (Å²) >= 11 is 0. The van der Waals surface area contributed by atoms with Gasteiger partial charge in [-0.1, -0.05) is 35.9 Å². The Morgan fingerprint density at radius 3 is 2.50 bits per heavy atom. The van der Waals surface area contributed by atoms with Crippen LogP contribution >= 0.6 is 0 Å². The van der Waals surface area contributed by atoms with Crippen molar-refractivity contribution < 1.29 is 32.3 Å². The Kier molecular flexibility index (Phi) is 9.23. The molecule has 212 valence electrons. The molecular formula is C25H28N6O8S. The average Bonchev–Trinajstić information content (AvgIpc) is 3.38. The highest BCUT2D eigenvalue weighted by Gasteiger charge is 2.26. The topological polar surface area (TPSA) is 209 Å². The van der Waals surface area contributed by atoms with Crippen LogP contribution in [0.3, 0.4) is 0 Å². The van der Waals surface area contributed by atoms with Crippen LogP contribution < -0.4 is 20.9 Å². The minimum Gasteiger partial charge on any atom is -0.484 e. The first-order chi connectivity index (χ1) is 19.1. The fraction of sp³-hybridized carbons (Fsp3) is 0.280. The molecule has 40 heavy (non-hydrogen) atoms. The molecule has 0 aliphatic carbocycles. The third-order valence-corrected chi connectivity index (χ3v) is 6.50. The van der Waals surface area contributed by atoms with Crippen LogP contribution in [0.1, 0.15) is 17.5 Å². The van der Waals surface area contributed by atoms with Crippen molar-refractivity contribution in [1.82, 2.24) is 25.3 Å². The number of ether oxygens (including phenoxy) is 2. The number of nitrogens with zero attached hydrogens (tertiary/aromatic N) is 2. The van der Waals surface area contributed by atoms with E-state index in [-0.39, 0.29) is 41.3 Å². The molecule has 2 atom stereocenters. The molecule has 0 radical (unpaired) electrons. The zero-order valence-electron chi connectivity index (χ0n) is 21.3. The predicted molar refractivity (Wildman–Crippen MR) is 144 cm³/mol. The number of amides is 1. The van der Waals surface area contributed by atoms with E-state index in [0.29, 0.717) is 24.7 Å². The molecule has 15 heteroatoms. The summed E-state index contributed by atoms with van der Waals surface area (Å²) in [5, 5.41) is 14.9. The molecule has 1 fully saturated rings. The SMILES string of the molecule is Cc1ccc(S(=O)(=O)O)cc1.O=C(COc1ccccc1)Nc1nc2nc([C@H]3CNC[C@@H](CO)O3)[nH]c2c(=O)[nH]1. The van der Waals surface area contributed by atoms with Crippen molar-refractivity contribution in [3.63, 3.8) is 0 Å². The number of imidazole rings is 1. The van der Waals surface area contributed by atoms with Crippen LogP contribution in [0.2, 0.25) is 0 Å². The normalized spacial score (nSPS) is 17.1. The van der Waals surface area contributed by atoms with Gasteiger partial charge in [0.2, 0.25) is 5.95 Å². The van der Waals surface area contributed by atoms with Gasteiger partial charge in [-0.2, -0.15) is 13.4 Å². The predicted octanol–water partition coefficient (Wildman–Crippen LogP) is 0.927. The summed E-state index contributed by atoms with van der Waals surface area (Å²) in [6, 6.07) is 14.9. The summed E-state index contributed by atoms with van der Waals surface area (Å²) in [5.41, 5.74) is 0.805. The number of nitrogens with one attached hydrogen (secondary N) is 4. The number of hydrogen-bond acceptors (Lipinski definition) is 10. The Labute approximate surface area is 228 Å². The van der Waals surface area contributed by atoms with Gasteiger partial charge in [-0.25, -0.2) is 4.98 Å². The summed E-state index contributed by atoms with van der Waals surface area (Å²) in [5.74, 6) is 0.467. The average molecular weight is 573 g/mol. The quantitative estimate of drug-likeness (QED) is 0.172. The highest BCUT2D eigenvalue weighted by molar-refractivity contribution is 7.85. The number of carbonyl (C=O) groups is 1. The van der Waals surface area contributed by atoms with Gasteiger partial charge in [-0.3, -0.25) is 24.4 Å². The summed E-state index contributed by atoms with van der Waals surface area (Å²) < 4.78 is 40.6. The number of hydrogen-bond donors (Lipinski definition) is 6. The molecule has 2 aromatic carbocycles. The second kappa shape index (κ2) is 12.8. The number of aromatic nitrogens is 4. The number of aliphatic hydroxyl groups is 1. The largest absolute Gasteiger partial charge is 0.484 e. The third-order valence-electron chi connectivity index (χ3n) is 5.64. The summed E-state index contributed by atoms with van der Waals surface area (Å²) in [7, 11) is -4.02. The molecule has 5 rings (SSSR count). The molecule has 3 heterocycles. The van der Waals surface area contributed by atoms with Crippen molar-refractivity contribution in [3.05, 3.63) is 76.3 Å². The number of carbonyl (C=O) groups excluding carboxylic acids is 1. The van der Waals surface area contributed by atoms with Gasteiger partial charge in [0.25, 0.3) is 21.6 Å². The summed E-state index contributed by atoms with van der Waals surface area (Å²) in [6.07, 6.45) is -0.806. The maximum absolute atomic E-state index is 12.3. The number of fused-ring (bicyclic) bond motifs is 1. The standard InChI is InChI=1S/C18H20N6O5.C7H8O3S/c25-8-11-6-19-7-12(29-11)15-21-14-16(22-15)23-18(24-17(14)27)20-13(26)9-28-10-4-2-1-3-5-10;1-6-2-4-7(5-3-6)11(8,9)10/h1-5,11-12,19,25H,6-9H2,(H3,20,21,22,23,24,26,27);2-5H,1H3,(H,8,9,10)/t11-,12+;/m0./s1. The van der Waals surface area contributed by atoms with Gasteiger partial charge in [0.05, 0.1) is 17.6 Å². The number of aryl methyl sites for hydroxylation is 1. The Balaban J connectivity index is 0.000000283. The molecule has 14 nitrogen and oxygen atoms in total. The summed E-state index contributed by atoms with van der Waals surface area (Å²) in [4.78, 5) is 38.2. The fourth-order valence-corrected chi connectivity index (χ4v) is 4.13. The van der Waals surface area contributed by atoms with Gasteiger partial charge in [-0.15, -0.1) is 0 Å². The van der Waals surface area contributed by atoms with Crippen molar-refractivity contribution >= 4 is 33.1 Å². The van der Waals surface area contributed by atoms with Gasteiger partial charge < -0.3 is 24.9 Å². The van der Waals surface area contributed by atoms with E-state index in [2.05, 4.69) is 30.6 Å². The number of rotatable bonds is 7. The van der Waals surface area contributed by atoms with Crippen LogP contribution in [-0.2, 0) is 19.6 Å². The fourth-order valence-electron chi connectivity index (χ4n) is 3.65. The highest BCUT2D eigenvalue weighted by atomic mass is 32.2. The molecule has 4 aromatic rings. The molecule has 1 aliphatic heterocycles. The smallest absolute Gasteiger partial charge is 0.294 e. The third kappa shape index (κ3) is 7.71. The Morgan fingerprint density at radius 1 is 1.10 bits per heavy atom. The van der Waals surface area contributed by atoms with Crippen molar-refractivity contribution in [2.24, 2.45) is 0 Å². The van der Waals surface area contributed by atoms with Crippen LogP contribution in [-0.4, -0.2) is 76.3 Å². The van der Waals surface area contributed by atoms with Gasteiger partial charge in [0.1, 0.15) is 17.7 Å². The van der Waals surface area contributed by atoms with E-state index in [9.17, 15) is 23.1 Å². The van der Waals surface area contributed by atoms with Crippen molar-refractivity contribution in [2.75, 3.05) is 31.6 Å². The molecule has 6 N–H and O–H groups in total. The van der Waals surface area contributed by atoms with Gasteiger partial charge in [-0.05, 0) is 31.2 Å². The first-order valence-electron chi connectivity index (χ1n) is 12.1. The van der Waals surface area contributed by atoms with Gasteiger partial charge in [0, 0.05) is 13.1 Å². The molecule has 1 saturated heterocycles. The van der Waals surface area contributed by atoms with Crippen molar-refractivity contribution in [2.45, 2.75) is 24.0 Å². The maximum Gasteiger partial charge on any atom is 0.294 e. The number of anilines is 1. The first kappa shape index (κ1) is 28.8. The van der Waals surface area contributed by atoms with E-state index >= 15 is 0 Å². The zero-order valence-corrected chi connectivity index (χ0v) is 22.1. The molecule has 0 bridgehead atoms. The molecule has 0 spiro atoms. The van der Waals surface area contributed by atoms with Crippen molar-refractivity contribution in [1.29, 1.82) is 0 Å². The first-order valence-corrected chi connectivity index (χ1v) is 13.5. The van der Waals surface area contributed by atoms with Crippen molar-refractivity contribution in [3.8, 4) is 5.75 Å². The van der Waals surface area contributed by atoms with Crippen LogP contribution in [0.5, 0.6) is 5.75 Å². The highest BCUT2D eigenvalue weighted by Crippen LogP contribution is 2.20. The van der Waals surface area contributed by atoms with E-state index in [1.54, 1.807) is 36.4 Å². The summed E-state index contributed by atoms with van der Waals surface area (Å²) in [6.45, 7) is 2.50. The lowest BCUT2D eigenvalue weighted by molar-refractivity contribution is -0.118. The maximum atomic E-state index is 12.3. The number of benzene rings is 2. The Hall–Kier alpha value is -4.15. The molecular weight excluding hydrogens is 544 g/mol. The second-order valence-electron chi connectivity index (χ2n) is 8.76. The number of morpholine rings is 1. The Bertz CT molecular complexity index is 1610. The number of para-hydroxylation sites is 1. The lowest BCUT2D eigenvalue weighted by Gasteiger charge is -2.28. The number of H-pyrrole nitrogens is 2. The van der Waals surface area contributed by atoms with E-state index < -0.39 is 27.7 Å². The molecule has 1 amide bonds. The lowest BCUT2D eigenvalue weighted by Crippen LogP contribution is -2.42. The number of aliphatic hydroxyl groups excluding tert-OH is 1. The minimum atomic E-state index is -4.02. The molecule has 1 aliphatic rings. The molecule has 0 saturated carbocycles. The molecule has 2 aromatic heterocycles. The Morgan fingerprint density at radius 2 is 1.82 bits per heavy atom. The minimum absolute atomic E-state index is 0.0295. The van der Waals surface area contributed by atoms with Crippen LogP contribution in [0.4, 0.5) is 5.95 Å². The van der Waals surface area contributed by atoms with E-state index in [0.717, 1.165) is 5.56 Å². The van der Waals surface area contributed by atoms with E-state index in [1.165, 1.54) is 12.1 Å². The van der Waals surface area contributed by atoms with Gasteiger partial charge >= 0.3 is 0 Å². The molecule has 0 unspecified atom stereocenters. The van der Waals surface area contributed by atoms with E-state index in [4.69, 9.17) is 14.0 Å². The lowest BCUT2D eigenvalue weighted by atomic mass is 10.2. The van der Waals surface area contributed by atoms with Gasteiger partial charge in [0.15, 0.2) is 17.8 Å². The zero-order chi connectivity index (χ0) is 28.7.